The highest BCUT2D eigenvalue weighted by atomic mass is 16.5. The zero-order chi connectivity index (χ0) is 24.2. The van der Waals surface area contributed by atoms with Gasteiger partial charge in [-0.3, -0.25) is 14.6 Å². The maximum atomic E-state index is 12.8. The minimum absolute atomic E-state index is 0.0202. The van der Waals surface area contributed by atoms with Crippen molar-refractivity contribution < 1.29 is 19.1 Å². The lowest BCUT2D eigenvalue weighted by atomic mass is 9.90. The molecule has 0 fully saturated rings. The van der Waals surface area contributed by atoms with Crippen LogP contribution in [0.15, 0.2) is 73.1 Å². The molecule has 0 saturated heterocycles. The van der Waals surface area contributed by atoms with Crippen molar-refractivity contribution >= 4 is 11.6 Å². The van der Waals surface area contributed by atoms with Crippen LogP contribution >= 0.6 is 0 Å². The molecule has 35 heavy (non-hydrogen) atoms. The van der Waals surface area contributed by atoms with E-state index in [1.165, 1.54) is 0 Å². The van der Waals surface area contributed by atoms with Crippen LogP contribution in [0.4, 0.5) is 0 Å². The summed E-state index contributed by atoms with van der Waals surface area (Å²) >= 11 is 0. The number of fused-ring (bicyclic) bond motifs is 1. The van der Waals surface area contributed by atoms with Gasteiger partial charge in [-0.05, 0) is 43.2 Å². The second-order valence-electron chi connectivity index (χ2n) is 8.63. The first-order valence-corrected chi connectivity index (χ1v) is 11.6. The van der Waals surface area contributed by atoms with Gasteiger partial charge in [-0.25, -0.2) is 4.98 Å². The number of hydrogen-bond donors (Lipinski definition) is 1. The number of hydrogen-bond acceptors (Lipinski definition) is 6. The van der Waals surface area contributed by atoms with Crippen LogP contribution in [0.2, 0.25) is 0 Å². The Kier molecular flexibility index (Phi) is 6.39. The van der Waals surface area contributed by atoms with Crippen LogP contribution in [0.25, 0.3) is 11.5 Å². The van der Waals surface area contributed by atoms with Gasteiger partial charge in [0.25, 0.3) is 0 Å². The van der Waals surface area contributed by atoms with Gasteiger partial charge in [-0.15, -0.1) is 0 Å². The molecular weight excluding hydrogens is 442 g/mol. The number of benzene rings is 2. The largest absolute Gasteiger partial charge is 0.493 e. The lowest BCUT2D eigenvalue weighted by Crippen LogP contribution is -2.28. The van der Waals surface area contributed by atoms with Crippen molar-refractivity contribution in [3.8, 4) is 28.8 Å². The van der Waals surface area contributed by atoms with E-state index in [1.807, 2.05) is 49.4 Å². The number of imidazole rings is 1. The van der Waals surface area contributed by atoms with Crippen LogP contribution < -0.4 is 9.47 Å². The molecule has 2 aromatic carbocycles. The number of nitrogens with one attached hydrogen (secondary N) is 1. The number of aryl methyl sites for hydroxylation is 1. The maximum Gasteiger partial charge on any atom is 0.163 e. The highest BCUT2D eigenvalue weighted by Crippen LogP contribution is 2.33. The Balaban J connectivity index is 1.23. The third-order valence-electron chi connectivity index (χ3n) is 6.00. The molecule has 1 unspecified atom stereocenters. The summed E-state index contributed by atoms with van der Waals surface area (Å²) < 4.78 is 11.9. The fourth-order valence-electron chi connectivity index (χ4n) is 4.13. The molecule has 0 amide bonds. The maximum absolute atomic E-state index is 12.8. The number of Topliss-reactive ketones (excluding diaryl/α,β-unsaturated/α-hetero) is 2. The third kappa shape index (κ3) is 5.30. The normalized spacial score (nSPS) is 14.6. The van der Waals surface area contributed by atoms with Gasteiger partial charge in [0.1, 0.15) is 28.7 Å². The summed E-state index contributed by atoms with van der Waals surface area (Å²) in [5, 5.41) is 0. The Hall–Kier alpha value is -4.26. The van der Waals surface area contributed by atoms with Crippen molar-refractivity contribution in [3.05, 3.63) is 89.9 Å². The Bertz CT molecular complexity index is 1360. The Morgan fingerprint density at radius 1 is 1.03 bits per heavy atom. The van der Waals surface area contributed by atoms with Crippen LogP contribution in [0.5, 0.6) is 17.2 Å². The highest BCUT2D eigenvalue weighted by Gasteiger charge is 2.26. The zero-order valence-electron chi connectivity index (χ0n) is 19.4. The minimum Gasteiger partial charge on any atom is -0.493 e. The van der Waals surface area contributed by atoms with Crippen LogP contribution in [0, 0.1) is 12.8 Å². The second-order valence-corrected chi connectivity index (χ2v) is 8.63. The summed E-state index contributed by atoms with van der Waals surface area (Å²) in [5.41, 5.74) is 3.19. The predicted molar refractivity (Wildman–Crippen MR) is 131 cm³/mol. The molecule has 0 spiro atoms. The first-order chi connectivity index (χ1) is 17.0. The molecule has 176 valence electrons. The van der Waals surface area contributed by atoms with Crippen molar-refractivity contribution in [2.45, 2.75) is 26.2 Å². The van der Waals surface area contributed by atoms with Gasteiger partial charge in [-0.1, -0.05) is 30.3 Å². The molecule has 1 atom stereocenters. The molecule has 1 N–H and O–H groups in total. The van der Waals surface area contributed by atoms with Gasteiger partial charge in [0.15, 0.2) is 11.6 Å². The molecule has 0 aliphatic carbocycles. The predicted octanol–water partition coefficient (Wildman–Crippen LogP) is 5.36. The summed E-state index contributed by atoms with van der Waals surface area (Å²) in [6.45, 7) is 2.26. The Morgan fingerprint density at radius 3 is 2.66 bits per heavy atom. The average molecular weight is 468 g/mol. The molecule has 0 radical (unpaired) electrons. The van der Waals surface area contributed by atoms with E-state index >= 15 is 0 Å². The second kappa shape index (κ2) is 9.93. The van der Waals surface area contributed by atoms with Crippen molar-refractivity contribution in [1.82, 2.24) is 15.0 Å². The molecule has 7 nitrogen and oxygen atoms in total. The molecule has 3 heterocycles. The minimum atomic E-state index is -0.281. The quantitative estimate of drug-likeness (QED) is 0.351. The van der Waals surface area contributed by atoms with E-state index in [0.29, 0.717) is 41.6 Å². The number of aromatic nitrogens is 3. The van der Waals surface area contributed by atoms with E-state index in [1.54, 1.807) is 30.6 Å². The number of ketones is 2. The number of H-pyrrole nitrogens is 1. The van der Waals surface area contributed by atoms with E-state index in [0.717, 1.165) is 17.0 Å². The van der Waals surface area contributed by atoms with Gasteiger partial charge >= 0.3 is 0 Å². The molecule has 0 bridgehead atoms. The molecular formula is C28H25N3O4. The average Bonchev–Trinajstić information content (AvgIpc) is 3.33. The summed E-state index contributed by atoms with van der Waals surface area (Å²) in [5.74, 6) is 2.45. The van der Waals surface area contributed by atoms with Crippen molar-refractivity contribution in [3.63, 3.8) is 0 Å². The lowest BCUT2D eigenvalue weighted by molar-refractivity contribution is -0.124. The molecule has 2 aromatic heterocycles. The van der Waals surface area contributed by atoms with E-state index < -0.39 is 0 Å². The third-order valence-corrected chi connectivity index (χ3v) is 6.00. The smallest absolute Gasteiger partial charge is 0.163 e. The van der Waals surface area contributed by atoms with Gasteiger partial charge in [0.05, 0.1) is 12.5 Å². The monoisotopic (exact) mass is 467 g/mol. The van der Waals surface area contributed by atoms with E-state index in [2.05, 4.69) is 15.0 Å². The summed E-state index contributed by atoms with van der Waals surface area (Å²) in [6, 6.07) is 18.3. The van der Waals surface area contributed by atoms with E-state index in [9.17, 15) is 9.59 Å². The standard InChI is InChI=1S/C28H25N3O4/c1-18-16-30-28(31-18)24-15-23(11-12-29-24)35-22-7-10-27-20(14-22)13-21(17-34-27)26(33)9-8-25(32)19-5-3-2-4-6-19/h2-7,10-12,14-16,21H,8-9,13,17H2,1H3,(H,30,31). The molecule has 1 aliphatic rings. The number of carbonyl (C=O) groups excluding carboxylic acids is 2. The summed E-state index contributed by atoms with van der Waals surface area (Å²) in [4.78, 5) is 37.0. The van der Waals surface area contributed by atoms with Crippen molar-refractivity contribution in [2.24, 2.45) is 5.92 Å². The molecule has 0 saturated carbocycles. The van der Waals surface area contributed by atoms with E-state index in [4.69, 9.17) is 9.47 Å². The fourth-order valence-corrected chi connectivity index (χ4v) is 4.13. The molecule has 1 aliphatic heterocycles. The van der Waals surface area contributed by atoms with Crippen LogP contribution in [-0.2, 0) is 11.2 Å². The molecule has 5 rings (SSSR count). The highest BCUT2D eigenvalue weighted by molar-refractivity contribution is 5.98. The van der Waals surface area contributed by atoms with E-state index in [-0.39, 0.29) is 30.3 Å². The number of aromatic amines is 1. The zero-order valence-corrected chi connectivity index (χ0v) is 19.4. The lowest BCUT2D eigenvalue weighted by Gasteiger charge is -2.25. The number of ether oxygens (including phenoxy) is 2. The van der Waals surface area contributed by atoms with Crippen LogP contribution in [0.3, 0.4) is 0 Å². The van der Waals surface area contributed by atoms with Gasteiger partial charge in [0, 0.05) is 42.6 Å². The Morgan fingerprint density at radius 2 is 1.86 bits per heavy atom. The Labute approximate surface area is 203 Å². The topological polar surface area (TPSA) is 94.2 Å². The summed E-state index contributed by atoms with van der Waals surface area (Å²) in [6.07, 6.45) is 4.39. The number of carbonyl (C=O) groups is 2. The fraction of sp³-hybridized carbons (Fsp3) is 0.214. The SMILES string of the molecule is Cc1cnc(-c2cc(Oc3ccc4c(c3)CC(C(=O)CCC(=O)c3ccccc3)CO4)ccn2)[nH]1. The van der Waals surface area contributed by atoms with Gasteiger partial charge in [0.2, 0.25) is 0 Å². The van der Waals surface area contributed by atoms with Crippen molar-refractivity contribution in [2.75, 3.05) is 6.61 Å². The van der Waals surface area contributed by atoms with Gasteiger partial charge < -0.3 is 14.5 Å². The first kappa shape index (κ1) is 22.5. The number of rotatable bonds is 8. The molecule has 7 heteroatoms. The number of pyridine rings is 1. The summed E-state index contributed by atoms with van der Waals surface area (Å²) in [7, 11) is 0. The van der Waals surface area contributed by atoms with Gasteiger partial charge in [-0.2, -0.15) is 0 Å². The number of nitrogens with zero attached hydrogens (tertiary/aromatic N) is 2. The van der Waals surface area contributed by atoms with Crippen LogP contribution in [-0.4, -0.2) is 33.1 Å². The molecule has 4 aromatic rings. The first-order valence-electron chi connectivity index (χ1n) is 11.6. The van der Waals surface area contributed by atoms with Crippen LogP contribution in [0.1, 0.15) is 34.5 Å². The van der Waals surface area contributed by atoms with Crippen molar-refractivity contribution in [1.29, 1.82) is 0 Å².